The number of H-pyrrole nitrogens is 1. The average Bonchev–Trinajstić information content (AvgIpc) is 2.58. The lowest BCUT2D eigenvalue weighted by Gasteiger charge is -2.02. The van der Waals surface area contributed by atoms with Gasteiger partial charge in [-0.05, 0) is 6.07 Å². The zero-order chi connectivity index (χ0) is 12.6. The van der Waals surface area contributed by atoms with E-state index in [0.29, 0.717) is 5.25 Å². The second-order valence-electron chi connectivity index (χ2n) is 3.79. The number of nitrogens with zero attached hydrogens (tertiary/aromatic N) is 2. The Hall–Kier alpha value is -1.24. The van der Waals surface area contributed by atoms with Gasteiger partial charge in [-0.3, -0.25) is 0 Å². The van der Waals surface area contributed by atoms with Gasteiger partial charge in [0.15, 0.2) is 5.65 Å². The van der Waals surface area contributed by atoms with Gasteiger partial charge >= 0.3 is 6.18 Å². The van der Waals surface area contributed by atoms with E-state index in [1.807, 2.05) is 13.8 Å². The van der Waals surface area contributed by atoms with Crippen molar-refractivity contribution in [3.8, 4) is 0 Å². The maximum atomic E-state index is 12.4. The van der Waals surface area contributed by atoms with Gasteiger partial charge in [0.2, 0.25) is 5.82 Å². The number of aromatic amines is 1. The lowest BCUT2D eigenvalue weighted by atomic mass is 10.4. The lowest BCUT2D eigenvalue weighted by molar-refractivity contribution is -0.144. The molecule has 0 unspecified atom stereocenters. The van der Waals surface area contributed by atoms with Crippen LogP contribution in [0.2, 0.25) is 0 Å². The number of rotatable bonds is 2. The highest BCUT2D eigenvalue weighted by Crippen LogP contribution is 2.29. The highest BCUT2D eigenvalue weighted by Gasteiger charge is 2.34. The molecule has 0 aliphatic heterocycles. The molecule has 2 heterocycles. The van der Waals surface area contributed by atoms with Crippen molar-refractivity contribution < 1.29 is 13.2 Å². The van der Waals surface area contributed by atoms with Crippen LogP contribution in [0.3, 0.4) is 0 Å². The fourth-order valence-corrected chi connectivity index (χ4v) is 2.19. The van der Waals surface area contributed by atoms with Crippen LogP contribution in [0.25, 0.3) is 11.2 Å². The summed E-state index contributed by atoms with van der Waals surface area (Å²) in [6, 6.07) is 1.61. The van der Waals surface area contributed by atoms with Crippen molar-refractivity contribution >= 4 is 22.9 Å². The van der Waals surface area contributed by atoms with Crippen LogP contribution in [0.4, 0.5) is 13.2 Å². The van der Waals surface area contributed by atoms with Crippen LogP contribution >= 0.6 is 11.8 Å². The molecule has 7 heteroatoms. The van der Waals surface area contributed by atoms with Crippen molar-refractivity contribution in [2.75, 3.05) is 0 Å². The molecule has 0 atom stereocenters. The number of fused-ring (bicyclic) bond motifs is 1. The van der Waals surface area contributed by atoms with Gasteiger partial charge in [0.1, 0.15) is 5.52 Å². The first kappa shape index (κ1) is 12.2. The summed E-state index contributed by atoms with van der Waals surface area (Å²) in [6.07, 6.45) is -2.92. The molecule has 0 saturated heterocycles. The number of pyridine rings is 1. The summed E-state index contributed by atoms with van der Waals surface area (Å²) in [4.78, 5) is 10.4. The molecule has 0 aliphatic carbocycles. The van der Waals surface area contributed by atoms with Gasteiger partial charge in [-0.15, -0.1) is 11.8 Å². The van der Waals surface area contributed by atoms with E-state index in [1.165, 1.54) is 11.8 Å². The molecule has 1 N–H and O–H groups in total. The third kappa shape index (κ3) is 2.71. The largest absolute Gasteiger partial charge is 0.449 e. The summed E-state index contributed by atoms with van der Waals surface area (Å²) in [5.74, 6) is -1.01. The molecule has 2 aromatic rings. The molecular formula is C10H10F3N3S. The van der Waals surface area contributed by atoms with Crippen LogP contribution in [-0.4, -0.2) is 20.2 Å². The molecule has 92 valence electrons. The van der Waals surface area contributed by atoms with E-state index in [0.717, 1.165) is 4.90 Å². The smallest absolute Gasteiger partial charge is 0.319 e. The first-order chi connectivity index (χ1) is 7.86. The molecular weight excluding hydrogens is 251 g/mol. The minimum atomic E-state index is -4.47. The van der Waals surface area contributed by atoms with Crippen LogP contribution < -0.4 is 0 Å². The number of hydrogen-bond acceptors (Lipinski definition) is 3. The SMILES string of the molecule is CC(C)Sc1cnc2[nH]c(C(F)(F)F)nc2c1. The fraction of sp³-hybridized carbons (Fsp3) is 0.400. The summed E-state index contributed by atoms with van der Waals surface area (Å²) >= 11 is 1.53. The molecule has 2 aromatic heterocycles. The van der Waals surface area contributed by atoms with E-state index in [9.17, 15) is 13.2 Å². The Labute approximate surface area is 99.8 Å². The van der Waals surface area contributed by atoms with Gasteiger partial charge in [-0.1, -0.05) is 13.8 Å². The van der Waals surface area contributed by atoms with Gasteiger partial charge in [-0.25, -0.2) is 9.97 Å². The van der Waals surface area contributed by atoms with Gasteiger partial charge < -0.3 is 4.98 Å². The normalized spacial score (nSPS) is 12.6. The molecule has 0 fully saturated rings. The van der Waals surface area contributed by atoms with Crippen LogP contribution in [0.1, 0.15) is 19.7 Å². The summed E-state index contributed by atoms with van der Waals surface area (Å²) in [5, 5.41) is 0.343. The molecule has 0 spiro atoms. The van der Waals surface area contributed by atoms with E-state index >= 15 is 0 Å². The van der Waals surface area contributed by atoms with E-state index in [2.05, 4.69) is 15.0 Å². The zero-order valence-electron chi connectivity index (χ0n) is 9.17. The Morgan fingerprint density at radius 1 is 1.35 bits per heavy atom. The first-order valence-electron chi connectivity index (χ1n) is 4.96. The average molecular weight is 261 g/mol. The van der Waals surface area contributed by atoms with Gasteiger partial charge in [0.05, 0.1) is 0 Å². The van der Waals surface area contributed by atoms with E-state index in [4.69, 9.17) is 0 Å². The van der Waals surface area contributed by atoms with Crippen molar-refractivity contribution in [1.82, 2.24) is 15.0 Å². The second-order valence-corrected chi connectivity index (χ2v) is 5.44. The molecule has 0 radical (unpaired) electrons. The van der Waals surface area contributed by atoms with Gasteiger partial charge in [-0.2, -0.15) is 13.2 Å². The summed E-state index contributed by atoms with van der Waals surface area (Å²) < 4.78 is 37.2. The predicted molar refractivity (Wildman–Crippen MR) is 59.9 cm³/mol. The highest BCUT2D eigenvalue weighted by atomic mass is 32.2. The molecule has 0 aliphatic rings. The van der Waals surface area contributed by atoms with Gasteiger partial charge in [0.25, 0.3) is 0 Å². The predicted octanol–water partition coefficient (Wildman–Crippen LogP) is 3.48. The highest BCUT2D eigenvalue weighted by molar-refractivity contribution is 7.99. The Kier molecular flexibility index (Phi) is 3.03. The second kappa shape index (κ2) is 4.21. The monoisotopic (exact) mass is 261 g/mol. The Balaban J connectivity index is 2.41. The number of alkyl halides is 3. The quantitative estimate of drug-likeness (QED) is 0.841. The minimum Gasteiger partial charge on any atom is -0.319 e. The number of nitrogens with one attached hydrogen (secondary N) is 1. The molecule has 0 amide bonds. The third-order valence-electron chi connectivity index (χ3n) is 1.95. The van der Waals surface area contributed by atoms with Crippen molar-refractivity contribution in [3.63, 3.8) is 0 Å². The van der Waals surface area contributed by atoms with Crippen molar-refractivity contribution in [3.05, 3.63) is 18.1 Å². The maximum Gasteiger partial charge on any atom is 0.449 e. The Morgan fingerprint density at radius 3 is 2.65 bits per heavy atom. The minimum absolute atomic E-state index is 0.158. The van der Waals surface area contributed by atoms with Gasteiger partial charge in [0, 0.05) is 16.3 Å². The summed E-state index contributed by atoms with van der Waals surface area (Å²) in [6.45, 7) is 4.00. The molecule has 0 bridgehead atoms. The van der Waals surface area contributed by atoms with Crippen molar-refractivity contribution in [1.29, 1.82) is 0 Å². The van der Waals surface area contributed by atoms with Crippen LogP contribution in [0.5, 0.6) is 0 Å². The molecule has 3 nitrogen and oxygen atoms in total. The van der Waals surface area contributed by atoms with Crippen molar-refractivity contribution in [2.24, 2.45) is 0 Å². The fourth-order valence-electron chi connectivity index (χ4n) is 1.35. The molecule has 2 rings (SSSR count). The Bertz CT molecular complexity index is 533. The molecule has 0 aromatic carbocycles. The summed E-state index contributed by atoms with van der Waals surface area (Å²) in [5.41, 5.74) is 0.397. The third-order valence-corrected chi connectivity index (χ3v) is 2.92. The van der Waals surface area contributed by atoms with Crippen molar-refractivity contribution in [2.45, 2.75) is 30.2 Å². The molecule has 0 saturated carbocycles. The number of hydrogen-bond donors (Lipinski definition) is 1. The van der Waals surface area contributed by atoms with E-state index in [1.54, 1.807) is 12.3 Å². The van der Waals surface area contributed by atoms with E-state index < -0.39 is 12.0 Å². The number of aromatic nitrogens is 3. The van der Waals surface area contributed by atoms with E-state index in [-0.39, 0.29) is 11.2 Å². The summed E-state index contributed by atoms with van der Waals surface area (Å²) in [7, 11) is 0. The lowest BCUT2D eigenvalue weighted by Crippen LogP contribution is -2.06. The van der Waals surface area contributed by atoms with Crippen LogP contribution in [0, 0.1) is 0 Å². The van der Waals surface area contributed by atoms with Crippen LogP contribution in [0.15, 0.2) is 17.2 Å². The number of imidazole rings is 1. The first-order valence-corrected chi connectivity index (χ1v) is 5.84. The number of halogens is 3. The Morgan fingerprint density at radius 2 is 2.06 bits per heavy atom. The number of thioether (sulfide) groups is 1. The maximum absolute atomic E-state index is 12.4. The standard InChI is InChI=1S/C10H10F3N3S/c1-5(2)17-6-3-7-8(14-4-6)16-9(15-7)10(11,12)13/h3-5H,1-2H3,(H,14,15,16). The topological polar surface area (TPSA) is 41.6 Å². The molecule has 17 heavy (non-hydrogen) atoms. The van der Waals surface area contributed by atoms with Crippen LogP contribution in [-0.2, 0) is 6.18 Å². The zero-order valence-corrected chi connectivity index (χ0v) is 9.99.